The van der Waals surface area contributed by atoms with Gasteiger partial charge >= 0.3 is 0 Å². The summed E-state index contributed by atoms with van der Waals surface area (Å²) in [5, 5.41) is 3.40. The maximum absolute atomic E-state index is 12.3. The number of pyridine rings is 2. The van der Waals surface area contributed by atoms with Crippen LogP contribution in [0.4, 0.5) is 0 Å². The maximum atomic E-state index is 12.3. The van der Waals surface area contributed by atoms with Crippen molar-refractivity contribution in [3.63, 3.8) is 0 Å². The lowest BCUT2D eigenvalue weighted by Gasteiger charge is -2.17. The summed E-state index contributed by atoms with van der Waals surface area (Å²) in [4.78, 5) is 31.0. The summed E-state index contributed by atoms with van der Waals surface area (Å²) < 4.78 is 5.09. The average Bonchev–Trinajstić information content (AvgIpc) is 3.22. The van der Waals surface area contributed by atoms with Crippen molar-refractivity contribution in [1.29, 1.82) is 0 Å². The normalized spacial score (nSPS) is 14.8. The fraction of sp³-hybridized carbons (Fsp3) is 0.211. The number of hydrogen-bond donors (Lipinski definition) is 2. The molecule has 1 aliphatic rings. The van der Waals surface area contributed by atoms with Gasteiger partial charge < -0.3 is 14.7 Å². The van der Waals surface area contributed by atoms with Crippen LogP contribution in [0.5, 0.6) is 0 Å². The average molecular weight is 370 g/mol. The van der Waals surface area contributed by atoms with E-state index in [1.165, 1.54) is 12.3 Å². The highest BCUT2D eigenvalue weighted by atomic mass is 35.5. The molecule has 0 saturated heterocycles. The molecule has 7 heteroatoms. The minimum Gasteiger partial charge on any atom is -0.472 e. The topological polar surface area (TPSA) is 88.0 Å². The molecule has 3 heterocycles. The number of aromatic nitrogens is 2. The Morgan fingerprint density at radius 2 is 2.19 bits per heavy atom. The second-order valence-electron chi connectivity index (χ2n) is 6.44. The fourth-order valence-corrected chi connectivity index (χ4v) is 3.37. The number of halogens is 1. The lowest BCUT2D eigenvalue weighted by molar-refractivity contribution is 0.0948. The fourth-order valence-electron chi connectivity index (χ4n) is 3.01. The molecule has 3 aromatic heterocycles. The van der Waals surface area contributed by atoms with Crippen LogP contribution in [0.1, 0.15) is 28.9 Å². The van der Waals surface area contributed by atoms with Crippen molar-refractivity contribution in [2.24, 2.45) is 0 Å². The standard InChI is InChI=1S/C19H16ClN3O3/c20-15-8-13(12-3-7-26-10-12)9-22-16(15)19(4-5-19)11-23-18(25)14-2-1-6-21-17(14)24/h1-3,6-10H,4-5,11H2,(H,21,24)(H,23,25). The highest BCUT2D eigenvalue weighted by Crippen LogP contribution is 2.49. The Morgan fingerprint density at radius 3 is 2.85 bits per heavy atom. The van der Waals surface area contributed by atoms with Crippen LogP contribution in [-0.2, 0) is 5.41 Å². The Kier molecular flexibility index (Phi) is 4.12. The predicted molar refractivity (Wildman–Crippen MR) is 97.3 cm³/mol. The summed E-state index contributed by atoms with van der Waals surface area (Å²) in [6.07, 6.45) is 8.26. The van der Waals surface area contributed by atoms with Crippen LogP contribution in [0.25, 0.3) is 11.1 Å². The number of aromatic amines is 1. The molecule has 0 aromatic carbocycles. The molecule has 132 valence electrons. The van der Waals surface area contributed by atoms with E-state index in [1.54, 1.807) is 24.8 Å². The molecule has 26 heavy (non-hydrogen) atoms. The predicted octanol–water partition coefficient (Wildman–Crippen LogP) is 3.14. The van der Waals surface area contributed by atoms with Gasteiger partial charge in [0.05, 0.1) is 23.2 Å². The summed E-state index contributed by atoms with van der Waals surface area (Å²) >= 11 is 6.47. The van der Waals surface area contributed by atoms with Crippen molar-refractivity contribution in [3.05, 3.63) is 75.8 Å². The molecule has 6 nitrogen and oxygen atoms in total. The molecule has 1 amide bonds. The van der Waals surface area contributed by atoms with Crippen molar-refractivity contribution >= 4 is 17.5 Å². The van der Waals surface area contributed by atoms with Gasteiger partial charge in [0.1, 0.15) is 5.56 Å². The zero-order chi connectivity index (χ0) is 18.1. The molecule has 1 fully saturated rings. The van der Waals surface area contributed by atoms with Crippen LogP contribution in [0.3, 0.4) is 0 Å². The highest BCUT2D eigenvalue weighted by Gasteiger charge is 2.47. The summed E-state index contributed by atoms with van der Waals surface area (Å²) in [5.41, 5.74) is 1.97. The van der Waals surface area contributed by atoms with Crippen LogP contribution in [0.15, 0.2) is 58.4 Å². The van der Waals surface area contributed by atoms with Crippen molar-refractivity contribution in [1.82, 2.24) is 15.3 Å². The highest BCUT2D eigenvalue weighted by molar-refractivity contribution is 6.31. The Bertz CT molecular complexity index is 1010. The first-order chi connectivity index (χ1) is 12.6. The second kappa shape index (κ2) is 6.46. The SMILES string of the molecule is O=C(NCC1(c2ncc(-c3ccoc3)cc2Cl)CC1)c1ccc[nH]c1=O. The summed E-state index contributed by atoms with van der Waals surface area (Å²) in [6, 6.07) is 6.82. The Hall–Kier alpha value is -2.86. The van der Waals surface area contributed by atoms with Gasteiger partial charge in [-0.2, -0.15) is 0 Å². The largest absolute Gasteiger partial charge is 0.472 e. The number of H-pyrrole nitrogens is 1. The van der Waals surface area contributed by atoms with Crippen LogP contribution in [0.2, 0.25) is 5.02 Å². The van der Waals surface area contributed by atoms with Crippen LogP contribution >= 0.6 is 11.6 Å². The van der Waals surface area contributed by atoms with Crippen LogP contribution in [0, 0.1) is 0 Å². The first-order valence-electron chi connectivity index (χ1n) is 8.24. The summed E-state index contributed by atoms with van der Waals surface area (Å²) in [6.45, 7) is 0.387. The van der Waals surface area contributed by atoms with Gasteiger partial charge in [0, 0.05) is 35.5 Å². The third-order valence-electron chi connectivity index (χ3n) is 4.70. The van der Waals surface area contributed by atoms with Gasteiger partial charge in [-0.25, -0.2) is 0 Å². The Labute approximate surface area is 154 Å². The number of nitrogens with zero attached hydrogens (tertiary/aromatic N) is 1. The Morgan fingerprint density at radius 1 is 1.35 bits per heavy atom. The number of hydrogen-bond acceptors (Lipinski definition) is 4. The van der Waals surface area contributed by atoms with Crippen molar-refractivity contribution in [3.8, 4) is 11.1 Å². The van der Waals surface area contributed by atoms with Crippen molar-refractivity contribution in [2.75, 3.05) is 6.54 Å². The lowest BCUT2D eigenvalue weighted by Crippen LogP contribution is -2.35. The third kappa shape index (κ3) is 3.04. The first kappa shape index (κ1) is 16.6. The van der Waals surface area contributed by atoms with Crippen molar-refractivity contribution in [2.45, 2.75) is 18.3 Å². The Balaban J connectivity index is 1.52. The first-order valence-corrected chi connectivity index (χ1v) is 8.61. The van der Waals surface area contributed by atoms with E-state index in [1.807, 2.05) is 12.1 Å². The summed E-state index contributed by atoms with van der Waals surface area (Å²) in [7, 11) is 0. The van der Waals surface area contributed by atoms with E-state index in [0.29, 0.717) is 11.6 Å². The molecule has 0 aliphatic heterocycles. The van der Waals surface area contributed by atoms with E-state index < -0.39 is 11.5 Å². The number of carbonyl (C=O) groups excluding carboxylic acids is 1. The number of nitrogens with one attached hydrogen (secondary N) is 2. The van der Waals surface area contributed by atoms with Gasteiger partial charge in [0.2, 0.25) is 0 Å². The second-order valence-corrected chi connectivity index (χ2v) is 6.85. The quantitative estimate of drug-likeness (QED) is 0.723. The van der Waals surface area contributed by atoms with Gasteiger partial charge in [0.25, 0.3) is 11.5 Å². The van der Waals surface area contributed by atoms with E-state index in [4.69, 9.17) is 16.0 Å². The van der Waals surface area contributed by atoms with E-state index in [-0.39, 0.29) is 11.0 Å². The molecule has 3 aromatic rings. The van der Waals surface area contributed by atoms with E-state index in [0.717, 1.165) is 29.7 Å². The van der Waals surface area contributed by atoms with Crippen LogP contribution in [-0.4, -0.2) is 22.4 Å². The minimum atomic E-state index is -0.407. The number of amides is 1. The molecule has 1 aliphatic carbocycles. The lowest BCUT2D eigenvalue weighted by atomic mass is 10.00. The number of rotatable bonds is 5. The van der Waals surface area contributed by atoms with E-state index >= 15 is 0 Å². The van der Waals surface area contributed by atoms with Gasteiger partial charge in [-0.3, -0.25) is 14.6 Å². The third-order valence-corrected chi connectivity index (χ3v) is 4.99. The summed E-state index contributed by atoms with van der Waals surface area (Å²) in [5.74, 6) is -0.399. The molecule has 4 rings (SSSR count). The molecule has 0 unspecified atom stereocenters. The maximum Gasteiger partial charge on any atom is 0.260 e. The van der Waals surface area contributed by atoms with Gasteiger partial charge in [-0.15, -0.1) is 0 Å². The molecule has 1 saturated carbocycles. The molecular formula is C19H16ClN3O3. The number of carbonyl (C=O) groups is 1. The molecule has 0 radical (unpaired) electrons. The molecule has 2 N–H and O–H groups in total. The molecule has 0 bridgehead atoms. The monoisotopic (exact) mass is 369 g/mol. The van der Waals surface area contributed by atoms with Crippen LogP contribution < -0.4 is 10.9 Å². The van der Waals surface area contributed by atoms with Gasteiger partial charge in [-0.05, 0) is 37.1 Å². The van der Waals surface area contributed by atoms with E-state index in [9.17, 15) is 9.59 Å². The smallest absolute Gasteiger partial charge is 0.260 e. The minimum absolute atomic E-state index is 0.0951. The van der Waals surface area contributed by atoms with Gasteiger partial charge in [0.15, 0.2) is 0 Å². The zero-order valence-corrected chi connectivity index (χ0v) is 14.5. The zero-order valence-electron chi connectivity index (χ0n) is 13.8. The molecule has 0 spiro atoms. The molecule has 0 atom stereocenters. The van der Waals surface area contributed by atoms with Gasteiger partial charge in [-0.1, -0.05) is 11.6 Å². The van der Waals surface area contributed by atoms with E-state index in [2.05, 4.69) is 15.3 Å². The van der Waals surface area contributed by atoms with Crippen molar-refractivity contribution < 1.29 is 9.21 Å². The number of furan rings is 1. The molecular weight excluding hydrogens is 354 g/mol.